The van der Waals surface area contributed by atoms with Crippen LogP contribution in [0.2, 0.25) is 0 Å². The summed E-state index contributed by atoms with van der Waals surface area (Å²) in [5.41, 5.74) is 0.00370. The summed E-state index contributed by atoms with van der Waals surface area (Å²) in [4.78, 5) is 39.9. The molecule has 1 heterocycles. The third-order valence-corrected chi connectivity index (χ3v) is 4.25. The van der Waals surface area contributed by atoms with Gasteiger partial charge in [0, 0.05) is 10.0 Å². The van der Waals surface area contributed by atoms with Crippen molar-refractivity contribution < 1.29 is 29.0 Å². The van der Waals surface area contributed by atoms with Gasteiger partial charge in [0.15, 0.2) is 11.4 Å². The quantitative estimate of drug-likeness (QED) is 0.776. The number of halogens is 1. The molecule has 1 aromatic heterocycles. The first-order valence-corrected chi connectivity index (χ1v) is 7.82. The molecule has 1 aromatic carbocycles. The van der Waals surface area contributed by atoms with Gasteiger partial charge in [0.25, 0.3) is 0 Å². The predicted octanol–water partition coefficient (Wildman–Crippen LogP) is 3.09. The summed E-state index contributed by atoms with van der Waals surface area (Å²) in [5.74, 6) is -3.11. The predicted molar refractivity (Wildman–Crippen MR) is 91.7 cm³/mol. The first kappa shape index (κ1) is 18.6. The van der Waals surface area contributed by atoms with Gasteiger partial charge in [-0.3, -0.25) is 0 Å². The lowest BCUT2D eigenvalue weighted by molar-refractivity contribution is 0.0568. The van der Waals surface area contributed by atoms with Gasteiger partial charge < -0.3 is 14.6 Å². The van der Waals surface area contributed by atoms with Crippen LogP contribution in [0.25, 0.3) is 11.1 Å². The highest BCUT2D eigenvalue weighted by molar-refractivity contribution is 9.10. The number of aromatic nitrogens is 1. The molecule has 0 fully saturated rings. The molecule has 0 aliphatic carbocycles. The average Bonchev–Trinajstić information content (AvgIpc) is 2.60. The average molecular weight is 408 g/mol. The number of carbonyl (C=O) groups is 3. The fourth-order valence-electron chi connectivity index (χ4n) is 2.42. The Bertz CT molecular complexity index is 878. The molecule has 0 saturated heterocycles. The molecule has 7 nitrogen and oxygen atoms in total. The van der Waals surface area contributed by atoms with Gasteiger partial charge in [0.1, 0.15) is 5.56 Å². The third kappa shape index (κ3) is 3.39. The summed E-state index contributed by atoms with van der Waals surface area (Å²) in [5, 5.41) is 9.67. The maximum Gasteiger partial charge on any atom is 0.357 e. The van der Waals surface area contributed by atoms with Gasteiger partial charge in [-0.05, 0) is 24.1 Å². The molecular weight excluding hydrogens is 394 g/mol. The molecule has 0 unspecified atom stereocenters. The van der Waals surface area contributed by atoms with Crippen molar-refractivity contribution in [2.45, 2.75) is 6.92 Å². The van der Waals surface area contributed by atoms with E-state index < -0.39 is 23.6 Å². The van der Waals surface area contributed by atoms with Crippen LogP contribution < -0.4 is 0 Å². The van der Waals surface area contributed by atoms with Crippen molar-refractivity contribution in [3.05, 3.63) is 51.3 Å². The largest absolute Gasteiger partial charge is 0.478 e. The highest BCUT2D eigenvalue weighted by Crippen LogP contribution is 2.36. The number of ether oxygens (including phenoxy) is 2. The van der Waals surface area contributed by atoms with E-state index in [0.717, 1.165) is 7.11 Å². The number of carboxylic acid groups (broad SMARTS) is 1. The molecule has 25 heavy (non-hydrogen) atoms. The normalized spacial score (nSPS) is 10.2. The summed E-state index contributed by atoms with van der Waals surface area (Å²) in [6.45, 7) is 1.54. The SMILES string of the molecule is COC(=O)c1nc(C(=O)OC)c(C(=O)O)c(-c2ccccc2Br)c1C. The van der Waals surface area contributed by atoms with Crippen LogP contribution in [0.4, 0.5) is 0 Å². The minimum atomic E-state index is -1.36. The first-order chi connectivity index (χ1) is 11.8. The molecule has 0 aliphatic heterocycles. The Morgan fingerprint density at radius 3 is 2.12 bits per heavy atom. The van der Waals surface area contributed by atoms with E-state index in [2.05, 4.69) is 25.7 Å². The molecule has 1 N–H and O–H groups in total. The number of pyridine rings is 1. The molecule has 2 aromatic rings. The maximum absolute atomic E-state index is 12.1. The van der Waals surface area contributed by atoms with Crippen LogP contribution in [0, 0.1) is 6.92 Å². The van der Waals surface area contributed by atoms with Gasteiger partial charge >= 0.3 is 17.9 Å². The zero-order chi connectivity index (χ0) is 18.7. The fraction of sp³-hybridized carbons (Fsp3) is 0.176. The molecule has 8 heteroatoms. The lowest BCUT2D eigenvalue weighted by Crippen LogP contribution is -2.20. The molecule has 0 saturated carbocycles. The van der Waals surface area contributed by atoms with E-state index in [4.69, 9.17) is 4.74 Å². The van der Waals surface area contributed by atoms with E-state index in [-0.39, 0.29) is 22.4 Å². The van der Waals surface area contributed by atoms with Crippen molar-refractivity contribution in [1.29, 1.82) is 0 Å². The molecule has 0 atom stereocenters. The highest BCUT2D eigenvalue weighted by atomic mass is 79.9. The van der Waals surface area contributed by atoms with Crippen LogP contribution in [0.15, 0.2) is 28.7 Å². The van der Waals surface area contributed by atoms with Gasteiger partial charge in [-0.1, -0.05) is 34.1 Å². The van der Waals surface area contributed by atoms with Crippen LogP contribution in [0.5, 0.6) is 0 Å². The van der Waals surface area contributed by atoms with Crippen LogP contribution >= 0.6 is 15.9 Å². The van der Waals surface area contributed by atoms with Gasteiger partial charge in [-0.25, -0.2) is 19.4 Å². The number of nitrogens with zero attached hydrogens (tertiary/aromatic N) is 1. The Morgan fingerprint density at radius 1 is 1.04 bits per heavy atom. The number of carbonyl (C=O) groups excluding carboxylic acids is 2. The number of aromatic carboxylic acids is 1. The second-order valence-electron chi connectivity index (χ2n) is 4.95. The summed E-state index contributed by atoms with van der Waals surface area (Å²) in [6, 6.07) is 6.85. The molecule has 0 amide bonds. The molecule has 0 aliphatic rings. The number of rotatable bonds is 4. The summed E-state index contributed by atoms with van der Waals surface area (Å²) in [7, 11) is 2.27. The molecule has 130 valence electrons. The second kappa shape index (κ2) is 7.43. The minimum Gasteiger partial charge on any atom is -0.478 e. The van der Waals surface area contributed by atoms with Crippen molar-refractivity contribution >= 4 is 33.8 Å². The Balaban J connectivity index is 3.01. The Hall–Kier alpha value is -2.74. The van der Waals surface area contributed by atoms with Crippen molar-refractivity contribution in [3.63, 3.8) is 0 Å². The molecule has 0 bridgehead atoms. The Labute approximate surface area is 151 Å². The topological polar surface area (TPSA) is 103 Å². The Morgan fingerprint density at radius 2 is 1.60 bits per heavy atom. The molecular formula is C17H14BrNO6. The van der Waals surface area contributed by atoms with Gasteiger partial charge in [0.05, 0.1) is 14.2 Å². The van der Waals surface area contributed by atoms with Crippen molar-refractivity contribution in [2.24, 2.45) is 0 Å². The van der Waals surface area contributed by atoms with Gasteiger partial charge in [-0.15, -0.1) is 0 Å². The van der Waals surface area contributed by atoms with Crippen LogP contribution in [0.1, 0.15) is 36.9 Å². The summed E-state index contributed by atoms with van der Waals surface area (Å²) >= 11 is 3.36. The van der Waals surface area contributed by atoms with Crippen LogP contribution in [-0.4, -0.2) is 42.2 Å². The number of carboxylic acids is 1. The van der Waals surface area contributed by atoms with E-state index in [1.165, 1.54) is 7.11 Å². The fourth-order valence-corrected chi connectivity index (χ4v) is 2.91. The van der Waals surface area contributed by atoms with E-state index in [0.29, 0.717) is 10.0 Å². The lowest BCUT2D eigenvalue weighted by Gasteiger charge is -2.17. The standard InChI is InChI=1S/C17H14BrNO6/c1-8-11(9-6-4-5-7-10(9)18)12(15(20)21)14(17(23)25-3)19-13(8)16(22)24-2/h4-7H,1-3H3,(H,20,21). The van der Waals surface area contributed by atoms with Crippen LogP contribution in [0.3, 0.4) is 0 Å². The van der Waals surface area contributed by atoms with Crippen LogP contribution in [-0.2, 0) is 9.47 Å². The number of benzene rings is 1. The van der Waals surface area contributed by atoms with E-state index in [1.54, 1.807) is 31.2 Å². The van der Waals surface area contributed by atoms with E-state index >= 15 is 0 Å². The number of hydrogen-bond donors (Lipinski definition) is 1. The summed E-state index contributed by atoms with van der Waals surface area (Å²) in [6.07, 6.45) is 0. The number of esters is 2. The van der Waals surface area contributed by atoms with Gasteiger partial charge in [-0.2, -0.15) is 0 Å². The lowest BCUT2D eigenvalue weighted by atomic mass is 9.92. The molecule has 0 spiro atoms. The molecule has 2 rings (SSSR count). The van der Waals surface area contributed by atoms with Crippen molar-refractivity contribution in [2.75, 3.05) is 14.2 Å². The smallest absolute Gasteiger partial charge is 0.357 e. The second-order valence-corrected chi connectivity index (χ2v) is 5.81. The highest BCUT2D eigenvalue weighted by Gasteiger charge is 2.30. The Kier molecular flexibility index (Phi) is 5.53. The first-order valence-electron chi connectivity index (χ1n) is 7.02. The van der Waals surface area contributed by atoms with Crippen molar-refractivity contribution in [3.8, 4) is 11.1 Å². The molecule has 0 radical (unpaired) electrons. The van der Waals surface area contributed by atoms with Gasteiger partial charge in [0.2, 0.25) is 0 Å². The minimum absolute atomic E-state index is 0.154. The van der Waals surface area contributed by atoms with E-state index in [9.17, 15) is 19.5 Å². The van der Waals surface area contributed by atoms with E-state index in [1.807, 2.05) is 0 Å². The zero-order valence-corrected chi connectivity index (χ0v) is 15.2. The number of hydrogen-bond acceptors (Lipinski definition) is 6. The number of methoxy groups -OCH3 is 2. The third-order valence-electron chi connectivity index (χ3n) is 3.56. The van der Waals surface area contributed by atoms with Crippen molar-refractivity contribution in [1.82, 2.24) is 4.98 Å². The maximum atomic E-state index is 12.1. The monoisotopic (exact) mass is 407 g/mol. The summed E-state index contributed by atoms with van der Waals surface area (Å²) < 4.78 is 9.92. The zero-order valence-electron chi connectivity index (χ0n) is 13.6.